The molecule has 2 rings (SSSR count). The van der Waals surface area contributed by atoms with E-state index in [9.17, 15) is 23.3 Å². The van der Waals surface area contributed by atoms with Crippen LogP contribution in [0, 0.1) is 17.0 Å². The summed E-state index contributed by atoms with van der Waals surface area (Å²) in [7, 11) is 0. The van der Waals surface area contributed by atoms with Gasteiger partial charge in [0, 0.05) is 11.1 Å². The number of aromatic nitrogens is 1. The number of nitro groups is 1. The van der Waals surface area contributed by atoms with Crippen molar-refractivity contribution >= 4 is 5.69 Å². The Morgan fingerprint density at radius 1 is 1.29 bits per heavy atom. The molecule has 0 saturated heterocycles. The molecule has 0 aliphatic carbocycles. The largest absolute Gasteiger partial charge is 0.573 e. The van der Waals surface area contributed by atoms with Gasteiger partial charge in [0.2, 0.25) is 0 Å². The summed E-state index contributed by atoms with van der Waals surface area (Å²) in [6.45, 7) is 1.53. The Hall–Kier alpha value is -2.64. The molecule has 8 heteroatoms. The Kier molecular flexibility index (Phi) is 3.79. The summed E-state index contributed by atoms with van der Waals surface area (Å²) in [6, 6.07) is 6.69. The minimum atomic E-state index is -4.78. The maximum atomic E-state index is 12.2. The van der Waals surface area contributed by atoms with Crippen LogP contribution >= 0.6 is 0 Å². The fraction of sp³-hybridized carbons (Fsp3) is 0.154. The van der Waals surface area contributed by atoms with E-state index in [1.165, 1.54) is 31.2 Å². The molecule has 0 fully saturated rings. The van der Waals surface area contributed by atoms with E-state index in [2.05, 4.69) is 9.72 Å². The molecule has 1 heterocycles. The minimum Gasteiger partial charge on any atom is -0.406 e. The second kappa shape index (κ2) is 5.39. The van der Waals surface area contributed by atoms with E-state index in [4.69, 9.17) is 0 Å². The molecule has 0 aliphatic heterocycles. The highest BCUT2D eigenvalue weighted by Crippen LogP contribution is 2.28. The number of aryl methyl sites for hydroxylation is 1. The summed E-state index contributed by atoms with van der Waals surface area (Å²) < 4.78 is 40.3. The smallest absolute Gasteiger partial charge is 0.406 e. The van der Waals surface area contributed by atoms with Gasteiger partial charge in [0.25, 0.3) is 5.69 Å². The number of halogens is 3. The average molecular weight is 298 g/mol. The summed E-state index contributed by atoms with van der Waals surface area (Å²) in [6.07, 6.45) is -3.71. The van der Waals surface area contributed by atoms with Crippen LogP contribution in [0.4, 0.5) is 18.9 Å². The number of rotatable bonds is 3. The first-order valence-electron chi connectivity index (χ1n) is 5.73. The number of nitrogens with zero attached hydrogens (tertiary/aromatic N) is 2. The van der Waals surface area contributed by atoms with Crippen molar-refractivity contribution in [2.75, 3.05) is 0 Å². The summed E-state index contributed by atoms with van der Waals surface area (Å²) in [5, 5.41) is 10.7. The Balaban J connectivity index is 2.36. The topological polar surface area (TPSA) is 65.3 Å². The number of pyridine rings is 1. The van der Waals surface area contributed by atoms with Crippen molar-refractivity contribution < 1.29 is 22.8 Å². The van der Waals surface area contributed by atoms with E-state index >= 15 is 0 Å². The molecule has 1 aromatic heterocycles. The molecule has 0 spiro atoms. The molecule has 0 N–H and O–H groups in total. The number of hydrogen-bond acceptors (Lipinski definition) is 4. The molecule has 0 amide bonds. The van der Waals surface area contributed by atoms with Gasteiger partial charge in [-0.3, -0.25) is 10.1 Å². The van der Waals surface area contributed by atoms with Crippen LogP contribution in [0.2, 0.25) is 0 Å². The maximum Gasteiger partial charge on any atom is 0.573 e. The van der Waals surface area contributed by atoms with Gasteiger partial charge in [-0.25, -0.2) is 4.98 Å². The van der Waals surface area contributed by atoms with E-state index in [1.54, 1.807) is 0 Å². The maximum absolute atomic E-state index is 12.2. The third-order valence-corrected chi connectivity index (χ3v) is 2.64. The van der Waals surface area contributed by atoms with Gasteiger partial charge >= 0.3 is 6.36 Å². The van der Waals surface area contributed by atoms with Crippen LogP contribution in [0.5, 0.6) is 5.75 Å². The number of ether oxygens (including phenoxy) is 1. The lowest BCUT2D eigenvalue weighted by Crippen LogP contribution is -2.17. The Labute approximate surface area is 117 Å². The van der Waals surface area contributed by atoms with E-state index in [0.29, 0.717) is 16.8 Å². The van der Waals surface area contributed by atoms with Crippen LogP contribution in [-0.4, -0.2) is 16.3 Å². The third-order valence-electron chi connectivity index (χ3n) is 2.64. The molecule has 0 saturated carbocycles. The van der Waals surface area contributed by atoms with Crippen molar-refractivity contribution in [3.63, 3.8) is 0 Å². The van der Waals surface area contributed by atoms with Crippen molar-refractivity contribution in [2.24, 2.45) is 0 Å². The molecule has 0 aliphatic rings. The molecule has 1 aromatic carbocycles. The minimum absolute atomic E-state index is 0.151. The quantitative estimate of drug-likeness (QED) is 0.637. The molecule has 21 heavy (non-hydrogen) atoms. The summed E-state index contributed by atoms with van der Waals surface area (Å²) in [5.74, 6) is -0.377. The molecule has 5 nitrogen and oxygen atoms in total. The van der Waals surface area contributed by atoms with Gasteiger partial charge in [0.1, 0.15) is 11.9 Å². The Morgan fingerprint density at radius 3 is 2.57 bits per heavy atom. The lowest BCUT2D eigenvalue weighted by atomic mass is 10.1. The van der Waals surface area contributed by atoms with Gasteiger partial charge in [-0.1, -0.05) is 12.1 Å². The zero-order chi connectivity index (χ0) is 15.6. The van der Waals surface area contributed by atoms with E-state index in [1.807, 2.05) is 0 Å². The highest BCUT2D eigenvalue weighted by atomic mass is 19.4. The van der Waals surface area contributed by atoms with Gasteiger partial charge in [-0.2, -0.15) is 0 Å². The van der Waals surface area contributed by atoms with Crippen LogP contribution in [0.25, 0.3) is 11.3 Å². The van der Waals surface area contributed by atoms with Crippen molar-refractivity contribution in [2.45, 2.75) is 13.3 Å². The van der Waals surface area contributed by atoms with Crippen LogP contribution in [0.15, 0.2) is 36.5 Å². The summed E-state index contributed by atoms with van der Waals surface area (Å²) in [4.78, 5) is 14.0. The Morgan fingerprint density at radius 2 is 2.00 bits per heavy atom. The highest BCUT2D eigenvalue weighted by Gasteiger charge is 2.31. The van der Waals surface area contributed by atoms with Crippen molar-refractivity contribution in [1.29, 1.82) is 0 Å². The molecule has 0 atom stereocenters. The number of alkyl halides is 3. The van der Waals surface area contributed by atoms with Crippen LogP contribution in [-0.2, 0) is 0 Å². The van der Waals surface area contributed by atoms with Gasteiger partial charge < -0.3 is 4.74 Å². The lowest BCUT2D eigenvalue weighted by molar-refractivity contribution is -0.385. The standard InChI is InChI=1S/C13H9F3N2O3/c1-8-5-11(17-7-12(8)18(19)20)9-3-2-4-10(6-9)21-13(14,15)16/h2-7H,1H3. The second-order valence-corrected chi connectivity index (χ2v) is 4.19. The predicted molar refractivity (Wildman–Crippen MR) is 67.7 cm³/mol. The Bertz CT molecular complexity index is 687. The fourth-order valence-corrected chi connectivity index (χ4v) is 1.75. The van der Waals surface area contributed by atoms with E-state index < -0.39 is 11.3 Å². The summed E-state index contributed by atoms with van der Waals surface area (Å²) >= 11 is 0. The first-order chi connectivity index (χ1) is 9.76. The lowest BCUT2D eigenvalue weighted by Gasteiger charge is -2.10. The average Bonchev–Trinajstić information content (AvgIpc) is 2.36. The van der Waals surface area contributed by atoms with Gasteiger partial charge in [-0.05, 0) is 25.1 Å². The van der Waals surface area contributed by atoms with E-state index in [-0.39, 0.29) is 11.4 Å². The van der Waals surface area contributed by atoms with Crippen molar-refractivity contribution in [3.8, 4) is 17.0 Å². The number of hydrogen-bond donors (Lipinski definition) is 0. The zero-order valence-corrected chi connectivity index (χ0v) is 10.7. The van der Waals surface area contributed by atoms with Crippen LogP contribution in [0.3, 0.4) is 0 Å². The molecule has 110 valence electrons. The normalized spacial score (nSPS) is 11.2. The monoisotopic (exact) mass is 298 g/mol. The first kappa shape index (κ1) is 14.8. The molecule has 2 aromatic rings. The van der Waals surface area contributed by atoms with Gasteiger partial charge in [0.15, 0.2) is 0 Å². The molecule has 0 radical (unpaired) electrons. The van der Waals surface area contributed by atoms with Crippen molar-refractivity contribution in [3.05, 3.63) is 52.2 Å². The number of benzene rings is 1. The van der Waals surface area contributed by atoms with Gasteiger partial charge in [0.05, 0.1) is 10.6 Å². The molecular weight excluding hydrogens is 289 g/mol. The first-order valence-corrected chi connectivity index (χ1v) is 5.73. The second-order valence-electron chi connectivity index (χ2n) is 4.19. The van der Waals surface area contributed by atoms with E-state index in [0.717, 1.165) is 12.3 Å². The van der Waals surface area contributed by atoms with Crippen LogP contribution in [0.1, 0.15) is 5.56 Å². The fourth-order valence-electron chi connectivity index (χ4n) is 1.75. The molecule has 0 bridgehead atoms. The predicted octanol–water partition coefficient (Wildman–Crippen LogP) is 3.86. The SMILES string of the molecule is Cc1cc(-c2cccc(OC(F)(F)F)c2)ncc1[N+](=O)[O-]. The molecule has 0 unspecified atom stereocenters. The van der Waals surface area contributed by atoms with Gasteiger partial charge in [-0.15, -0.1) is 13.2 Å². The summed E-state index contributed by atoms with van der Waals surface area (Å²) in [5.41, 5.74) is 0.911. The van der Waals surface area contributed by atoms with Crippen LogP contribution < -0.4 is 4.74 Å². The highest BCUT2D eigenvalue weighted by molar-refractivity contribution is 5.63. The van der Waals surface area contributed by atoms with Crippen molar-refractivity contribution in [1.82, 2.24) is 4.98 Å². The third kappa shape index (κ3) is 3.68. The zero-order valence-electron chi connectivity index (χ0n) is 10.7. The molecular formula is C13H9F3N2O3.